The van der Waals surface area contributed by atoms with Gasteiger partial charge in [0.15, 0.2) is 5.78 Å². The summed E-state index contributed by atoms with van der Waals surface area (Å²) in [5.41, 5.74) is 0.815. The van der Waals surface area contributed by atoms with E-state index in [0.29, 0.717) is 12.3 Å². The van der Waals surface area contributed by atoms with Crippen molar-refractivity contribution in [2.75, 3.05) is 0 Å². The average molecular weight is 398 g/mol. The summed E-state index contributed by atoms with van der Waals surface area (Å²) in [6.07, 6.45) is 7.59. The van der Waals surface area contributed by atoms with E-state index in [0.717, 1.165) is 18.1 Å². The first kappa shape index (κ1) is 21.4. The molecular weight excluding hydrogens is 366 g/mol. The highest BCUT2D eigenvalue weighted by atomic mass is 16.2. The smallest absolute Gasteiger partial charge is 0.235 e. The van der Waals surface area contributed by atoms with Crippen LogP contribution in [0.4, 0.5) is 0 Å². The number of rotatable bonds is 2. The fraction of sp³-hybridized carbons (Fsp3) is 0.583. The van der Waals surface area contributed by atoms with E-state index >= 15 is 0 Å². The summed E-state index contributed by atoms with van der Waals surface area (Å²) in [5.74, 6) is -1.97. The SMILES string of the molecule is CC1=CC2C=C(C)C(C)C3C(CC(C)C)NC(=O)C23C(=O)C=CC(=O)C(=O)CC1. The number of amides is 1. The summed E-state index contributed by atoms with van der Waals surface area (Å²) in [4.78, 5) is 51.2. The van der Waals surface area contributed by atoms with E-state index in [2.05, 4.69) is 33.0 Å². The molecule has 0 radical (unpaired) electrons. The van der Waals surface area contributed by atoms with Crippen LogP contribution in [0.5, 0.6) is 0 Å². The number of carbonyl (C=O) groups excluding carboxylic acids is 4. The molecule has 1 spiro atoms. The molecule has 0 aromatic rings. The fourth-order valence-corrected chi connectivity index (χ4v) is 5.35. The van der Waals surface area contributed by atoms with Crippen molar-refractivity contribution in [2.24, 2.45) is 29.1 Å². The van der Waals surface area contributed by atoms with Crippen LogP contribution in [0, 0.1) is 29.1 Å². The normalized spacial score (nSPS) is 35.5. The summed E-state index contributed by atoms with van der Waals surface area (Å²) in [6, 6.07) is -0.0998. The predicted molar refractivity (Wildman–Crippen MR) is 111 cm³/mol. The Balaban J connectivity index is 2.23. The summed E-state index contributed by atoms with van der Waals surface area (Å²) in [5, 5.41) is 3.13. The Morgan fingerprint density at radius 2 is 1.76 bits per heavy atom. The van der Waals surface area contributed by atoms with E-state index in [4.69, 9.17) is 0 Å². The van der Waals surface area contributed by atoms with Crippen molar-refractivity contribution < 1.29 is 19.2 Å². The molecule has 3 rings (SSSR count). The van der Waals surface area contributed by atoms with E-state index in [1.807, 2.05) is 19.1 Å². The van der Waals surface area contributed by atoms with Crippen molar-refractivity contribution in [3.8, 4) is 0 Å². The van der Waals surface area contributed by atoms with Crippen molar-refractivity contribution in [2.45, 2.75) is 59.9 Å². The van der Waals surface area contributed by atoms with Gasteiger partial charge in [-0.1, -0.05) is 44.1 Å². The fourth-order valence-electron chi connectivity index (χ4n) is 5.35. The highest BCUT2D eigenvalue weighted by Crippen LogP contribution is 2.55. The molecule has 156 valence electrons. The van der Waals surface area contributed by atoms with E-state index in [9.17, 15) is 19.2 Å². The third-order valence-corrected chi connectivity index (χ3v) is 6.88. The van der Waals surface area contributed by atoms with E-state index in [1.54, 1.807) is 0 Å². The Kier molecular flexibility index (Phi) is 5.79. The quantitative estimate of drug-likeness (QED) is 0.440. The molecule has 0 bridgehead atoms. The first-order chi connectivity index (χ1) is 13.6. The Labute approximate surface area is 172 Å². The highest BCUT2D eigenvalue weighted by Gasteiger charge is 2.64. The molecule has 5 atom stereocenters. The van der Waals surface area contributed by atoms with E-state index in [-0.39, 0.29) is 41.9 Å². The van der Waals surface area contributed by atoms with Gasteiger partial charge in [0.2, 0.25) is 17.5 Å². The van der Waals surface area contributed by atoms with Crippen molar-refractivity contribution in [1.82, 2.24) is 5.32 Å². The molecule has 5 nitrogen and oxygen atoms in total. The maximum Gasteiger partial charge on any atom is 0.235 e. The van der Waals surface area contributed by atoms with Gasteiger partial charge in [-0.25, -0.2) is 0 Å². The Morgan fingerprint density at radius 3 is 2.41 bits per heavy atom. The van der Waals surface area contributed by atoms with Crippen LogP contribution < -0.4 is 5.32 Å². The molecule has 5 heteroatoms. The number of ketones is 3. The minimum atomic E-state index is -1.27. The molecule has 1 fully saturated rings. The largest absolute Gasteiger partial charge is 0.352 e. The van der Waals surface area contributed by atoms with Gasteiger partial charge in [-0.15, -0.1) is 0 Å². The van der Waals surface area contributed by atoms with Gasteiger partial charge in [-0.05, 0) is 50.7 Å². The van der Waals surface area contributed by atoms with Gasteiger partial charge >= 0.3 is 0 Å². The van der Waals surface area contributed by atoms with Crippen LogP contribution >= 0.6 is 0 Å². The number of hydrogen-bond acceptors (Lipinski definition) is 4. The first-order valence-electron chi connectivity index (χ1n) is 10.5. The molecule has 1 saturated heterocycles. The van der Waals surface area contributed by atoms with Gasteiger partial charge in [0, 0.05) is 24.3 Å². The lowest BCUT2D eigenvalue weighted by Gasteiger charge is -2.44. The van der Waals surface area contributed by atoms with Gasteiger partial charge in [0.25, 0.3) is 0 Å². The topological polar surface area (TPSA) is 80.3 Å². The molecule has 1 aliphatic heterocycles. The second-order valence-corrected chi connectivity index (χ2v) is 9.33. The van der Waals surface area contributed by atoms with Gasteiger partial charge < -0.3 is 5.32 Å². The zero-order valence-electron chi connectivity index (χ0n) is 18.0. The lowest BCUT2D eigenvalue weighted by atomic mass is 9.55. The third-order valence-electron chi connectivity index (χ3n) is 6.88. The van der Waals surface area contributed by atoms with Gasteiger partial charge in [-0.3, -0.25) is 19.2 Å². The maximum atomic E-state index is 13.6. The molecule has 29 heavy (non-hydrogen) atoms. The molecule has 0 aromatic heterocycles. The molecule has 5 unspecified atom stereocenters. The third kappa shape index (κ3) is 3.56. The molecule has 2 aliphatic carbocycles. The molecule has 1 N–H and O–H groups in total. The predicted octanol–water partition coefficient (Wildman–Crippen LogP) is 3.35. The summed E-state index contributed by atoms with van der Waals surface area (Å²) < 4.78 is 0. The maximum absolute atomic E-state index is 13.6. The van der Waals surface area contributed by atoms with Crippen LogP contribution in [0.2, 0.25) is 0 Å². The molecule has 0 aromatic carbocycles. The van der Waals surface area contributed by atoms with Crippen LogP contribution in [0.15, 0.2) is 35.5 Å². The first-order valence-corrected chi connectivity index (χ1v) is 10.5. The average Bonchev–Trinajstić information content (AvgIpc) is 2.93. The minimum Gasteiger partial charge on any atom is -0.352 e. The molecule has 3 aliphatic rings. The highest BCUT2D eigenvalue weighted by molar-refractivity contribution is 6.42. The van der Waals surface area contributed by atoms with Gasteiger partial charge in [0.1, 0.15) is 5.41 Å². The van der Waals surface area contributed by atoms with E-state index < -0.39 is 17.0 Å². The number of Topliss-reactive ketones (excluding diaryl/α,β-unsaturated/α-hetero) is 1. The van der Waals surface area contributed by atoms with Crippen molar-refractivity contribution >= 4 is 23.3 Å². The standard InChI is InChI=1S/C24H31NO4/c1-13(2)10-18-22-16(5)15(4)12-17-11-14(3)6-7-19(26)20(27)8-9-21(28)24(17,22)23(29)25-18/h8-9,11-13,16-18,22H,6-7,10H2,1-5H3,(H,25,29). The second-order valence-electron chi connectivity index (χ2n) is 9.33. The van der Waals surface area contributed by atoms with Gasteiger partial charge in [-0.2, -0.15) is 0 Å². The monoisotopic (exact) mass is 397 g/mol. The lowest BCUT2D eigenvalue weighted by Crippen LogP contribution is -2.51. The Bertz CT molecular complexity index is 847. The van der Waals surface area contributed by atoms with Crippen molar-refractivity contribution in [3.05, 3.63) is 35.5 Å². The summed E-state index contributed by atoms with van der Waals surface area (Å²) in [7, 11) is 0. The molecule has 1 heterocycles. The van der Waals surface area contributed by atoms with Crippen LogP contribution in [0.25, 0.3) is 0 Å². The zero-order valence-corrected chi connectivity index (χ0v) is 18.0. The number of allylic oxidation sites excluding steroid dienone is 6. The van der Waals surface area contributed by atoms with Crippen molar-refractivity contribution in [3.63, 3.8) is 0 Å². The number of carbonyl (C=O) groups is 4. The summed E-state index contributed by atoms with van der Waals surface area (Å²) in [6.45, 7) is 10.3. The number of hydrogen-bond donors (Lipinski definition) is 1. The van der Waals surface area contributed by atoms with Gasteiger partial charge in [0.05, 0.1) is 0 Å². The second kappa shape index (κ2) is 7.85. The van der Waals surface area contributed by atoms with Crippen LogP contribution in [0.3, 0.4) is 0 Å². The van der Waals surface area contributed by atoms with Crippen molar-refractivity contribution in [1.29, 1.82) is 0 Å². The lowest BCUT2D eigenvalue weighted by molar-refractivity contribution is -0.142. The Hall–Kier alpha value is -2.30. The van der Waals surface area contributed by atoms with Crippen LogP contribution in [-0.2, 0) is 19.2 Å². The molecule has 1 amide bonds. The van der Waals surface area contributed by atoms with Crippen LogP contribution in [-0.4, -0.2) is 29.3 Å². The zero-order chi connectivity index (χ0) is 21.5. The van der Waals surface area contributed by atoms with Crippen LogP contribution in [0.1, 0.15) is 53.9 Å². The minimum absolute atomic E-state index is 0.0578. The van der Waals surface area contributed by atoms with E-state index in [1.165, 1.54) is 11.6 Å². The molecule has 0 saturated carbocycles. The number of nitrogens with one attached hydrogen (secondary N) is 1. The molecular formula is C24H31NO4. The summed E-state index contributed by atoms with van der Waals surface area (Å²) >= 11 is 0. The Morgan fingerprint density at radius 1 is 1.07 bits per heavy atom.